The van der Waals surface area contributed by atoms with Crippen LogP contribution >= 0.6 is 0 Å². The maximum atomic E-state index is 4.42. The van der Waals surface area contributed by atoms with Crippen LogP contribution in [0.3, 0.4) is 0 Å². The third kappa shape index (κ3) is 3.94. The van der Waals surface area contributed by atoms with Crippen LogP contribution in [0.1, 0.15) is 29.5 Å². The van der Waals surface area contributed by atoms with Gasteiger partial charge in [0.2, 0.25) is 0 Å². The van der Waals surface area contributed by atoms with Gasteiger partial charge in [0, 0.05) is 23.8 Å². The maximum absolute atomic E-state index is 4.42. The standard InChI is InChI=1S/C27H27N/c1-21-15-17-23(18-16-21)24-10-9-19-28(25-11-5-3-4-6-12-25)27-14-8-7-13-26(27)22(2)20-24/h3-5,7-11,13-18,20,25H,2,6,12,19H2,1H3/b10-9-,24-20+. The van der Waals surface area contributed by atoms with Crippen LogP contribution in [0.2, 0.25) is 0 Å². The summed E-state index contributed by atoms with van der Waals surface area (Å²) in [6.45, 7) is 7.42. The fourth-order valence-electron chi connectivity index (χ4n) is 3.93. The van der Waals surface area contributed by atoms with Crippen molar-refractivity contribution in [2.24, 2.45) is 0 Å². The topological polar surface area (TPSA) is 3.24 Å². The molecule has 4 rings (SSSR count). The minimum Gasteiger partial charge on any atom is -0.361 e. The molecule has 1 atom stereocenters. The largest absolute Gasteiger partial charge is 0.361 e. The van der Waals surface area contributed by atoms with Gasteiger partial charge in [-0.15, -0.1) is 0 Å². The highest BCUT2D eigenvalue weighted by atomic mass is 15.2. The first-order valence-electron chi connectivity index (χ1n) is 10.1. The molecule has 0 spiro atoms. The molecule has 0 aromatic heterocycles. The summed E-state index contributed by atoms with van der Waals surface area (Å²) in [6, 6.07) is 17.8. The van der Waals surface area contributed by atoms with Crippen molar-refractivity contribution in [2.75, 3.05) is 11.4 Å². The fourth-order valence-corrected chi connectivity index (χ4v) is 3.93. The van der Waals surface area contributed by atoms with E-state index in [2.05, 4.69) is 109 Å². The van der Waals surface area contributed by atoms with Crippen LogP contribution in [0.5, 0.6) is 0 Å². The summed E-state index contributed by atoms with van der Waals surface area (Å²) in [7, 11) is 0. The van der Waals surface area contributed by atoms with E-state index in [0.717, 1.165) is 25.0 Å². The number of hydrogen-bond acceptors (Lipinski definition) is 1. The number of anilines is 1. The van der Waals surface area contributed by atoms with Gasteiger partial charge in [-0.3, -0.25) is 0 Å². The number of fused-ring (bicyclic) bond motifs is 1. The van der Waals surface area contributed by atoms with E-state index in [4.69, 9.17) is 0 Å². The third-order valence-corrected chi connectivity index (χ3v) is 5.48. The highest BCUT2D eigenvalue weighted by molar-refractivity contribution is 5.90. The molecular weight excluding hydrogens is 338 g/mol. The van der Waals surface area contributed by atoms with Gasteiger partial charge >= 0.3 is 0 Å². The lowest BCUT2D eigenvalue weighted by atomic mass is 9.98. The van der Waals surface area contributed by atoms with Crippen molar-refractivity contribution in [2.45, 2.75) is 25.8 Å². The molecule has 1 nitrogen and oxygen atoms in total. The number of hydrogen-bond donors (Lipinski definition) is 0. The molecule has 2 aliphatic rings. The lowest BCUT2D eigenvalue weighted by molar-refractivity contribution is 0.669. The number of allylic oxidation sites excluding steroid dienone is 7. The second-order valence-corrected chi connectivity index (χ2v) is 7.52. The Morgan fingerprint density at radius 2 is 1.79 bits per heavy atom. The molecule has 1 heterocycles. The van der Waals surface area contributed by atoms with E-state index in [9.17, 15) is 0 Å². The summed E-state index contributed by atoms with van der Waals surface area (Å²) in [5, 5.41) is 0. The van der Waals surface area contributed by atoms with E-state index in [0.29, 0.717) is 6.04 Å². The minimum absolute atomic E-state index is 0.384. The highest BCUT2D eigenvalue weighted by Crippen LogP contribution is 2.33. The quantitative estimate of drug-likeness (QED) is 0.569. The Bertz CT molecular complexity index is 970. The van der Waals surface area contributed by atoms with Gasteiger partial charge < -0.3 is 4.90 Å². The van der Waals surface area contributed by atoms with Crippen LogP contribution in [0.15, 0.2) is 97.6 Å². The molecule has 2 aromatic carbocycles. The van der Waals surface area contributed by atoms with Crippen molar-refractivity contribution >= 4 is 16.8 Å². The first kappa shape index (κ1) is 18.3. The summed E-state index contributed by atoms with van der Waals surface area (Å²) in [5.41, 5.74) is 7.24. The highest BCUT2D eigenvalue weighted by Gasteiger charge is 2.20. The monoisotopic (exact) mass is 365 g/mol. The number of nitrogens with zero attached hydrogens (tertiary/aromatic N) is 1. The average molecular weight is 366 g/mol. The van der Waals surface area contributed by atoms with Crippen LogP contribution in [0.4, 0.5) is 5.69 Å². The molecule has 0 saturated heterocycles. The Balaban J connectivity index is 1.76. The van der Waals surface area contributed by atoms with E-state index in [1.807, 2.05) is 0 Å². The molecule has 1 aliphatic heterocycles. The van der Waals surface area contributed by atoms with Crippen LogP contribution in [0, 0.1) is 6.92 Å². The van der Waals surface area contributed by atoms with E-state index < -0.39 is 0 Å². The molecule has 28 heavy (non-hydrogen) atoms. The second kappa shape index (κ2) is 8.31. The van der Waals surface area contributed by atoms with Crippen molar-refractivity contribution in [1.82, 2.24) is 0 Å². The van der Waals surface area contributed by atoms with Gasteiger partial charge in [0.15, 0.2) is 0 Å². The lowest BCUT2D eigenvalue weighted by Gasteiger charge is -2.32. The molecule has 0 amide bonds. The van der Waals surface area contributed by atoms with Gasteiger partial charge in [-0.2, -0.15) is 0 Å². The summed E-state index contributed by atoms with van der Waals surface area (Å²) in [4.78, 5) is 2.51. The Hall–Kier alpha value is -3.06. The molecular formula is C27H27N. The number of aryl methyl sites for hydroxylation is 1. The molecule has 2 aromatic rings. The Morgan fingerprint density at radius 1 is 0.964 bits per heavy atom. The molecule has 0 fully saturated rings. The number of benzene rings is 2. The SMILES string of the molecule is C=C1/C=C(c2ccc(C)cc2)\C=C/CN(C2C=CC=CCC2)c2ccccc21. The van der Waals surface area contributed by atoms with Gasteiger partial charge in [0.1, 0.15) is 0 Å². The zero-order valence-electron chi connectivity index (χ0n) is 16.5. The molecule has 1 heteroatoms. The smallest absolute Gasteiger partial charge is 0.0482 e. The zero-order chi connectivity index (χ0) is 19.3. The summed E-state index contributed by atoms with van der Waals surface area (Å²) in [6.07, 6.45) is 17.9. The lowest BCUT2D eigenvalue weighted by Crippen LogP contribution is -2.34. The average Bonchev–Trinajstić information content (AvgIpc) is 2.97. The van der Waals surface area contributed by atoms with Gasteiger partial charge in [-0.25, -0.2) is 0 Å². The number of para-hydroxylation sites is 1. The molecule has 1 unspecified atom stereocenters. The zero-order valence-corrected chi connectivity index (χ0v) is 16.5. The molecule has 0 bridgehead atoms. The first-order chi connectivity index (χ1) is 13.7. The van der Waals surface area contributed by atoms with E-state index in [-0.39, 0.29) is 0 Å². The van der Waals surface area contributed by atoms with Gasteiger partial charge in [0.25, 0.3) is 0 Å². The summed E-state index contributed by atoms with van der Waals surface area (Å²) in [5.74, 6) is 0. The minimum atomic E-state index is 0.384. The normalized spacial score (nSPS) is 22.3. The van der Waals surface area contributed by atoms with E-state index in [1.165, 1.54) is 28.0 Å². The van der Waals surface area contributed by atoms with Crippen LogP contribution < -0.4 is 4.90 Å². The molecule has 0 N–H and O–H groups in total. The molecule has 1 aliphatic carbocycles. The van der Waals surface area contributed by atoms with Crippen molar-refractivity contribution in [3.63, 3.8) is 0 Å². The number of rotatable bonds is 2. The Morgan fingerprint density at radius 3 is 2.64 bits per heavy atom. The van der Waals surface area contributed by atoms with Gasteiger partial charge in [-0.05, 0) is 48.6 Å². The summed E-state index contributed by atoms with van der Waals surface area (Å²) >= 11 is 0. The maximum Gasteiger partial charge on any atom is 0.0482 e. The van der Waals surface area contributed by atoms with Gasteiger partial charge in [-0.1, -0.05) is 91.1 Å². The second-order valence-electron chi connectivity index (χ2n) is 7.52. The van der Waals surface area contributed by atoms with Crippen LogP contribution in [-0.2, 0) is 0 Å². The van der Waals surface area contributed by atoms with Crippen molar-refractivity contribution < 1.29 is 0 Å². The van der Waals surface area contributed by atoms with Crippen LogP contribution in [0.25, 0.3) is 11.1 Å². The van der Waals surface area contributed by atoms with E-state index >= 15 is 0 Å². The van der Waals surface area contributed by atoms with Crippen molar-refractivity contribution in [3.05, 3.63) is 114 Å². The fraction of sp³-hybridized carbons (Fsp3) is 0.185. The molecule has 140 valence electrons. The third-order valence-electron chi connectivity index (χ3n) is 5.48. The Kier molecular flexibility index (Phi) is 5.43. The van der Waals surface area contributed by atoms with Crippen LogP contribution in [-0.4, -0.2) is 12.6 Å². The van der Waals surface area contributed by atoms with Crippen molar-refractivity contribution in [3.8, 4) is 0 Å². The first-order valence-corrected chi connectivity index (χ1v) is 10.1. The predicted octanol–water partition coefficient (Wildman–Crippen LogP) is 6.74. The predicted molar refractivity (Wildman–Crippen MR) is 122 cm³/mol. The summed E-state index contributed by atoms with van der Waals surface area (Å²) < 4.78 is 0. The molecule has 0 radical (unpaired) electrons. The van der Waals surface area contributed by atoms with Crippen molar-refractivity contribution in [1.29, 1.82) is 0 Å². The van der Waals surface area contributed by atoms with E-state index in [1.54, 1.807) is 0 Å². The molecule has 0 saturated carbocycles. The Labute approximate surface area is 168 Å². The van der Waals surface area contributed by atoms with Gasteiger partial charge in [0.05, 0.1) is 0 Å².